The van der Waals surface area contributed by atoms with Crippen molar-refractivity contribution in [3.63, 3.8) is 0 Å². The molecule has 0 saturated heterocycles. The number of pyridine rings is 1. The van der Waals surface area contributed by atoms with E-state index >= 15 is 0 Å². The maximum Gasteiger partial charge on any atom is 0.230 e. The summed E-state index contributed by atoms with van der Waals surface area (Å²) in [4.78, 5) is 16.7. The maximum absolute atomic E-state index is 11.6. The smallest absolute Gasteiger partial charge is 0.230 e. The highest BCUT2D eigenvalue weighted by Crippen LogP contribution is 2.19. The average molecular weight is 236 g/mol. The Bertz CT molecular complexity index is 336. The van der Waals surface area contributed by atoms with Crippen LogP contribution in [-0.2, 0) is 4.79 Å². The Morgan fingerprint density at radius 1 is 1.38 bits per heavy atom. The van der Waals surface area contributed by atoms with E-state index in [1.165, 1.54) is 12.8 Å². The Labute approximate surface area is 100 Å². The third-order valence-electron chi connectivity index (χ3n) is 2.74. The normalized spacial score (nSPS) is 16.2. The molecule has 1 amide bonds. The molecule has 1 aromatic rings. The molecular formula is C12H16N2OS. The van der Waals surface area contributed by atoms with Crippen molar-refractivity contribution in [2.24, 2.45) is 0 Å². The van der Waals surface area contributed by atoms with Gasteiger partial charge < -0.3 is 5.32 Å². The predicted molar refractivity (Wildman–Crippen MR) is 65.4 cm³/mol. The van der Waals surface area contributed by atoms with E-state index in [1.54, 1.807) is 24.2 Å². The zero-order chi connectivity index (χ0) is 11.2. The number of nitrogens with zero attached hydrogens (tertiary/aromatic N) is 1. The van der Waals surface area contributed by atoms with E-state index in [0.29, 0.717) is 11.8 Å². The number of amides is 1. The van der Waals surface area contributed by atoms with Crippen LogP contribution in [0.3, 0.4) is 0 Å². The number of carbonyl (C=O) groups excluding carboxylic acids is 1. The van der Waals surface area contributed by atoms with Crippen LogP contribution >= 0.6 is 11.8 Å². The zero-order valence-corrected chi connectivity index (χ0v) is 10.0. The number of nitrogens with one attached hydrogen (secondary N) is 1. The van der Waals surface area contributed by atoms with Crippen LogP contribution < -0.4 is 5.32 Å². The fourth-order valence-corrected chi connectivity index (χ4v) is 2.62. The van der Waals surface area contributed by atoms with Crippen LogP contribution in [0.5, 0.6) is 0 Å². The van der Waals surface area contributed by atoms with Crippen LogP contribution in [0.2, 0.25) is 0 Å². The van der Waals surface area contributed by atoms with Crippen LogP contribution in [-0.4, -0.2) is 22.7 Å². The quantitative estimate of drug-likeness (QED) is 0.815. The molecule has 1 aliphatic rings. The second-order valence-corrected chi connectivity index (χ2v) is 5.07. The molecule has 0 bridgehead atoms. The van der Waals surface area contributed by atoms with Crippen LogP contribution in [0.15, 0.2) is 29.4 Å². The van der Waals surface area contributed by atoms with Gasteiger partial charge in [-0.25, -0.2) is 0 Å². The second kappa shape index (κ2) is 5.89. The number of thioether (sulfide) groups is 1. The number of aromatic nitrogens is 1. The molecule has 0 aromatic carbocycles. The molecule has 0 aliphatic heterocycles. The third-order valence-corrected chi connectivity index (χ3v) is 3.75. The van der Waals surface area contributed by atoms with Crippen molar-refractivity contribution in [3.8, 4) is 0 Å². The van der Waals surface area contributed by atoms with Gasteiger partial charge in [0.25, 0.3) is 0 Å². The minimum absolute atomic E-state index is 0.147. The predicted octanol–water partition coefficient (Wildman–Crippen LogP) is 2.23. The van der Waals surface area contributed by atoms with Crippen LogP contribution in [0.4, 0.5) is 0 Å². The molecule has 1 fully saturated rings. The topological polar surface area (TPSA) is 42.0 Å². The lowest BCUT2D eigenvalue weighted by Gasteiger charge is -2.11. The first kappa shape index (κ1) is 11.5. The summed E-state index contributed by atoms with van der Waals surface area (Å²) in [6, 6.07) is 4.27. The van der Waals surface area contributed by atoms with Gasteiger partial charge in [0.05, 0.1) is 5.75 Å². The van der Waals surface area contributed by atoms with Gasteiger partial charge in [0.1, 0.15) is 0 Å². The SMILES string of the molecule is O=C(CSc1ccncc1)NC1CCCC1. The van der Waals surface area contributed by atoms with Crippen LogP contribution in [0.1, 0.15) is 25.7 Å². The van der Waals surface area contributed by atoms with Crippen molar-refractivity contribution in [3.05, 3.63) is 24.5 Å². The van der Waals surface area contributed by atoms with Gasteiger partial charge in [0, 0.05) is 23.3 Å². The van der Waals surface area contributed by atoms with Crippen molar-refractivity contribution in [2.45, 2.75) is 36.6 Å². The van der Waals surface area contributed by atoms with Crippen molar-refractivity contribution >= 4 is 17.7 Å². The molecule has 1 aromatic heterocycles. The Kier molecular flexibility index (Phi) is 4.22. The molecule has 3 nitrogen and oxygen atoms in total. The molecule has 86 valence electrons. The van der Waals surface area contributed by atoms with E-state index in [2.05, 4.69) is 10.3 Å². The molecule has 0 atom stereocenters. The van der Waals surface area contributed by atoms with Crippen molar-refractivity contribution in [2.75, 3.05) is 5.75 Å². The van der Waals surface area contributed by atoms with Gasteiger partial charge in [0.2, 0.25) is 5.91 Å². The summed E-state index contributed by atoms with van der Waals surface area (Å²) in [7, 11) is 0. The monoisotopic (exact) mass is 236 g/mol. The summed E-state index contributed by atoms with van der Waals surface area (Å²) in [6.45, 7) is 0. The summed E-state index contributed by atoms with van der Waals surface area (Å²) < 4.78 is 0. The molecule has 0 spiro atoms. The minimum Gasteiger partial charge on any atom is -0.353 e. The third kappa shape index (κ3) is 3.52. The first-order chi connectivity index (χ1) is 7.84. The standard InChI is InChI=1S/C12H16N2OS/c15-12(14-10-3-1-2-4-10)9-16-11-5-7-13-8-6-11/h5-8,10H,1-4,9H2,(H,14,15). The Morgan fingerprint density at radius 3 is 2.75 bits per heavy atom. The molecule has 0 unspecified atom stereocenters. The van der Waals surface area contributed by atoms with Crippen molar-refractivity contribution in [1.29, 1.82) is 0 Å². The van der Waals surface area contributed by atoms with E-state index < -0.39 is 0 Å². The van der Waals surface area contributed by atoms with Crippen molar-refractivity contribution < 1.29 is 4.79 Å². The summed E-state index contributed by atoms with van der Waals surface area (Å²) in [6.07, 6.45) is 8.29. The molecule has 16 heavy (non-hydrogen) atoms. The van der Waals surface area contributed by atoms with Crippen LogP contribution in [0.25, 0.3) is 0 Å². The van der Waals surface area contributed by atoms with Crippen molar-refractivity contribution in [1.82, 2.24) is 10.3 Å². The number of rotatable bonds is 4. The van der Waals surface area contributed by atoms with E-state index in [-0.39, 0.29) is 5.91 Å². The Hall–Kier alpha value is -1.03. The first-order valence-electron chi connectivity index (χ1n) is 5.67. The summed E-state index contributed by atoms with van der Waals surface area (Å²) in [5.41, 5.74) is 0. The summed E-state index contributed by atoms with van der Waals surface area (Å²) >= 11 is 1.56. The van der Waals surface area contributed by atoms with E-state index in [1.807, 2.05) is 12.1 Å². The van der Waals surface area contributed by atoms with Gasteiger partial charge in [-0.1, -0.05) is 12.8 Å². The average Bonchev–Trinajstić information content (AvgIpc) is 2.81. The molecule has 1 heterocycles. The molecule has 1 aliphatic carbocycles. The highest BCUT2D eigenvalue weighted by Gasteiger charge is 2.16. The molecule has 0 radical (unpaired) electrons. The fourth-order valence-electron chi connectivity index (χ4n) is 1.92. The Morgan fingerprint density at radius 2 is 2.06 bits per heavy atom. The van der Waals surface area contributed by atoms with Gasteiger partial charge in [-0.2, -0.15) is 0 Å². The molecule has 1 saturated carbocycles. The Balaban J connectivity index is 1.71. The van der Waals surface area contributed by atoms with E-state index in [0.717, 1.165) is 17.7 Å². The molecule has 2 rings (SSSR count). The summed E-state index contributed by atoms with van der Waals surface area (Å²) in [5.74, 6) is 0.647. The van der Waals surface area contributed by atoms with Gasteiger partial charge in [-0.15, -0.1) is 11.8 Å². The number of hydrogen-bond acceptors (Lipinski definition) is 3. The molecule has 4 heteroatoms. The minimum atomic E-state index is 0.147. The lowest BCUT2D eigenvalue weighted by atomic mass is 10.2. The fraction of sp³-hybridized carbons (Fsp3) is 0.500. The van der Waals surface area contributed by atoms with Gasteiger partial charge >= 0.3 is 0 Å². The summed E-state index contributed by atoms with van der Waals surface area (Å²) in [5, 5.41) is 3.07. The second-order valence-electron chi connectivity index (χ2n) is 4.02. The van der Waals surface area contributed by atoms with Gasteiger partial charge in [-0.05, 0) is 25.0 Å². The van der Waals surface area contributed by atoms with Gasteiger partial charge in [-0.3, -0.25) is 9.78 Å². The number of carbonyl (C=O) groups is 1. The molecule has 1 N–H and O–H groups in total. The van der Waals surface area contributed by atoms with E-state index in [4.69, 9.17) is 0 Å². The highest BCUT2D eigenvalue weighted by atomic mass is 32.2. The van der Waals surface area contributed by atoms with E-state index in [9.17, 15) is 4.79 Å². The largest absolute Gasteiger partial charge is 0.353 e. The lowest BCUT2D eigenvalue weighted by molar-refractivity contribution is -0.119. The highest BCUT2D eigenvalue weighted by molar-refractivity contribution is 8.00. The zero-order valence-electron chi connectivity index (χ0n) is 9.19. The van der Waals surface area contributed by atoms with Crippen LogP contribution in [0, 0.1) is 0 Å². The first-order valence-corrected chi connectivity index (χ1v) is 6.65. The molecular weight excluding hydrogens is 220 g/mol. The van der Waals surface area contributed by atoms with Gasteiger partial charge in [0.15, 0.2) is 0 Å². The lowest BCUT2D eigenvalue weighted by Crippen LogP contribution is -2.33. The number of hydrogen-bond donors (Lipinski definition) is 1. The maximum atomic E-state index is 11.6.